The van der Waals surface area contributed by atoms with E-state index in [2.05, 4.69) is 4.98 Å². The summed E-state index contributed by atoms with van der Waals surface area (Å²) < 4.78 is 5.29. The molecule has 2 rings (SSSR count). The van der Waals surface area contributed by atoms with Crippen molar-refractivity contribution in [3.63, 3.8) is 0 Å². The summed E-state index contributed by atoms with van der Waals surface area (Å²) in [4.78, 5) is 14.8. The Kier molecular flexibility index (Phi) is 2.92. The van der Waals surface area contributed by atoms with Crippen LogP contribution in [0.25, 0.3) is 10.9 Å². The second-order valence-corrected chi connectivity index (χ2v) is 5.16. The van der Waals surface area contributed by atoms with Gasteiger partial charge in [0.1, 0.15) is 5.60 Å². The molecule has 0 unspecified atom stereocenters. The Labute approximate surface area is 101 Å². The molecule has 0 aliphatic rings. The number of aromatic nitrogens is 1. The van der Waals surface area contributed by atoms with E-state index < -0.39 is 5.60 Å². The number of H-pyrrole nitrogens is 1. The number of rotatable bonds is 2. The molecule has 0 amide bonds. The smallest absolute Gasteiger partial charge is 0.310 e. The van der Waals surface area contributed by atoms with Crippen molar-refractivity contribution in [3.8, 4) is 0 Å². The molecule has 90 valence electrons. The van der Waals surface area contributed by atoms with E-state index >= 15 is 0 Å². The van der Waals surface area contributed by atoms with Crippen LogP contribution < -0.4 is 0 Å². The summed E-state index contributed by atoms with van der Waals surface area (Å²) in [6, 6.07) is 7.96. The molecule has 1 heterocycles. The molecule has 0 saturated heterocycles. The summed E-state index contributed by atoms with van der Waals surface area (Å²) >= 11 is 0. The van der Waals surface area contributed by atoms with Crippen LogP contribution in [0.2, 0.25) is 0 Å². The molecule has 17 heavy (non-hydrogen) atoms. The lowest BCUT2D eigenvalue weighted by atomic mass is 10.1. The molecule has 1 N–H and O–H groups in total. The van der Waals surface area contributed by atoms with Crippen LogP contribution in [0.3, 0.4) is 0 Å². The van der Waals surface area contributed by atoms with Gasteiger partial charge >= 0.3 is 5.97 Å². The number of hydrogen-bond donors (Lipinski definition) is 1. The number of ether oxygens (including phenoxy) is 1. The van der Waals surface area contributed by atoms with Gasteiger partial charge < -0.3 is 9.72 Å². The van der Waals surface area contributed by atoms with E-state index in [1.807, 2.05) is 51.2 Å². The molecule has 1 aromatic carbocycles. The average molecular weight is 231 g/mol. The lowest BCUT2D eigenvalue weighted by molar-refractivity contribution is -0.153. The summed E-state index contributed by atoms with van der Waals surface area (Å²) in [5.74, 6) is -0.191. The fourth-order valence-corrected chi connectivity index (χ4v) is 1.75. The van der Waals surface area contributed by atoms with E-state index in [0.717, 1.165) is 16.5 Å². The van der Waals surface area contributed by atoms with Crippen molar-refractivity contribution in [2.24, 2.45) is 0 Å². The Balaban J connectivity index is 2.10. The summed E-state index contributed by atoms with van der Waals surface area (Å²) in [5, 5.41) is 1.15. The molecule has 0 radical (unpaired) electrons. The van der Waals surface area contributed by atoms with E-state index in [1.54, 1.807) is 0 Å². The highest BCUT2D eigenvalue weighted by Gasteiger charge is 2.16. The number of benzene rings is 1. The number of aromatic amines is 1. The first kappa shape index (κ1) is 11.7. The van der Waals surface area contributed by atoms with Gasteiger partial charge in [0.25, 0.3) is 0 Å². The lowest BCUT2D eigenvalue weighted by Gasteiger charge is -2.19. The van der Waals surface area contributed by atoms with Crippen LogP contribution in [0, 0.1) is 0 Å². The molecular formula is C14H17NO2. The van der Waals surface area contributed by atoms with Crippen LogP contribution in [-0.4, -0.2) is 16.6 Å². The second-order valence-electron chi connectivity index (χ2n) is 5.16. The topological polar surface area (TPSA) is 42.1 Å². The molecular weight excluding hydrogens is 214 g/mol. The predicted octanol–water partition coefficient (Wildman–Crippen LogP) is 3.05. The number of carbonyl (C=O) groups is 1. The van der Waals surface area contributed by atoms with E-state index in [9.17, 15) is 4.79 Å². The molecule has 3 nitrogen and oxygen atoms in total. The fraction of sp³-hybridized carbons (Fsp3) is 0.357. The fourth-order valence-electron chi connectivity index (χ4n) is 1.75. The van der Waals surface area contributed by atoms with Crippen LogP contribution in [0.4, 0.5) is 0 Å². The highest BCUT2D eigenvalue weighted by Crippen LogP contribution is 2.16. The second kappa shape index (κ2) is 4.24. The van der Waals surface area contributed by atoms with Crippen LogP contribution in [0.15, 0.2) is 30.5 Å². The first-order valence-corrected chi connectivity index (χ1v) is 5.72. The van der Waals surface area contributed by atoms with E-state index in [0.29, 0.717) is 6.42 Å². The maximum atomic E-state index is 11.7. The zero-order valence-corrected chi connectivity index (χ0v) is 10.4. The first-order chi connectivity index (χ1) is 7.94. The van der Waals surface area contributed by atoms with Gasteiger partial charge in [-0.15, -0.1) is 0 Å². The lowest BCUT2D eigenvalue weighted by Crippen LogP contribution is -2.24. The van der Waals surface area contributed by atoms with Crippen molar-refractivity contribution in [2.75, 3.05) is 0 Å². The van der Waals surface area contributed by atoms with Gasteiger partial charge in [0.05, 0.1) is 6.42 Å². The Morgan fingerprint density at radius 3 is 2.76 bits per heavy atom. The largest absolute Gasteiger partial charge is 0.460 e. The number of esters is 1. The van der Waals surface area contributed by atoms with Crippen molar-refractivity contribution >= 4 is 16.9 Å². The highest BCUT2D eigenvalue weighted by atomic mass is 16.6. The highest BCUT2D eigenvalue weighted by molar-refractivity contribution is 5.81. The Hall–Kier alpha value is -1.77. The molecule has 0 spiro atoms. The minimum absolute atomic E-state index is 0.191. The summed E-state index contributed by atoms with van der Waals surface area (Å²) in [5.41, 5.74) is 1.59. The normalized spacial score (nSPS) is 11.7. The number of nitrogens with one attached hydrogen (secondary N) is 1. The van der Waals surface area contributed by atoms with Gasteiger partial charge in [0.2, 0.25) is 0 Å². The Morgan fingerprint density at radius 1 is 1.29 bits per heavy atom. The van der Waals surface area contributed by atoms with Gasteiger partial charge in [-0.1, -0.05) is 12.1 Å². The number of fused-ring (bicyclic) bond motifs is 1. The Morgan fingerprint density at radius 2 is 2.06 bits per heavy atom. The van der Waals surface area contributed by atoms with Gasteiger partial charge in [-0.25, -0.2) is 0 Å². The number of hydrogen-bond acceptors (Lipinski definition) is 2. The minimum Gasteiger partial charge on any atom is -0.460 e. The third kappa shape index (κ3) is 3.09. The SMILES string of the molecule is CC(C)(C)OC(=O)Cc1ccc2cc[nH]c2c1. The van der Waals surface area contributed by atoms with Crippen LogP contribution in [-0.2, 0) is 16.0 Å². The third-order valence-corrected chi connectivity index (χ3v) is 2.39. The molecule has 0 aliphatic heterocycles. The van der Waals surface area contributed by atoms with Crippen molar-refractivity contribution in [3.05, 3.63) is 36.0 Å². The van der Waals surface area contributed by atoms with Crippen molar-refractivity contribution in [2.45, 2.75) is 32.8 Å². The monoisotopic (exact) mass is 231 g/mol. The summed E-state index contributed by atoms with van der Waals surface area (Å²) in [7, 11) is 0. The third-order valence-electron chi connectivity index (χ3n) is 2.39. The van der Waals surface area contributed by atoms with Gasteiger partial charge in [0, 0.05) is 11.7 Å². The van der Waals surface area contributed by atoms with Crippen LogP contribution >= 0.6 is 0 Å². The molecule has 0 fully saturated rings. The van der Waals surface area contributed by atoms with Gasteiger partial charge in [0.15, 0.2) is 0 Å². The molecule has 0 atom stereocenters. The maximum Gasteiger partial charge on any atom is 0.310 e. The molecule has 0 aliphatic carbocycles. The molecule has 3 heteroatoms. The first-order valence-electron chi connectivity index (χ1n) is 5.72. The zero-order valence-electron chi connectivity index (χ0n) is 10.4. The maximum absolute atomic E-state index is 11.7. The molecule has 2 aromatic rings. The van der Waals surface area contributed by atoms with E-state index in [-0.39, 0.29) is 5.97 Å². The zero-order chi connectivity index (χ0) is 12.5. The predicted molar refractivity (Wildman–Crippen MR) is 67.8 cm³/mol. The minimum atomic E-state index is -0.423. The van der Waals surface area contributed by atoms with Crippen LogP contribution in [0.5, 0.6) is 0 Å². The number of carbonyl (C=O) groups excluding carboxylic acids is 1. The van der Waals surface area contributed by atoms with Gasteiger partial charge in [-0.2, -0.15) is 0 Å². The molecule has 0 saturated carbocycles. The molecule has 0 bridgehead atoms. The average Bonchev–Trinajstić information content (AvgIpc) is 2.61. The molecule has 1 aromatic heterocycles. The van der Waals surface area contributed by atoms with Crippen molar-refractivity contribution in [1.82, 2.24) is 4.98 Å². The van der Waals surface area contributed by atoms with Crippen molar-refractivity contribution in [1.29, 1.82) is 0 Å². The van der Waals surface area contributed by atoms with Gasteiger partial charge in [-0.05, 0) is 43.9 Å². The quantitative estimate of drug-likeness (QED) is 0.807. The van der Waals surface area contributed by atoms with Crippen molar-refractivity contribution < 1.29 is 9.53 Å². The standard InChI is InChI=1S/C14H17NO2/c1-14(2,3)17-13(16)9-10-4-5-11-6-7-15-12(11)8-10/h4-8,15H,9H2,1-3H3. The Bertz CT molecular complexity index is 534. The summed E-state index contributed by atoms with van der Waals surface area (Å²) in [6.07, 6.45) is 2.20. The van der Waals surface area contributed by atoms with Gasteiger partial charge in [-0.3, -0.25) is 4.79 Å². The van der Waals surface area contributed by atoms with Crippen LogP contribution in [0.1, 0.15) is 26.3 Å². The van der Waals surface area contributed by atoms with E-state index in [1.165, 1.54) is 0 Å². The summed E-state index contributed by atoms with van der Waals surface area (Å²) in [6.45, 7) is 5.62. The van der Waals surface area contributed by atoms with E-state index in [4.69, 9.17) is 4.74 Å².